The third kappa shape index (κ3) is 2.85. The van der Waals surface area contributed by atoms with Gasteiger partial charge in [0.15, 0.2) is 11.5 Å². The highest BCUT2D eigenvalue weighted by Crippen LogP contribution is 2.25. The van der Waals surface area contributed by atoms with Crippen LogP contribution >= 0.6 is 0 Å². The van der Waals surface area contributed by atoms with Crippen molar-refractivity contribution >= 4 is 22.8 Å². The van der Waals surface area contributed by atoms with Gasteiger partial charge in [-0.2, -0.15) is 5.11 Å². The number of halogens is 1. The number of nitrogen functional groups attached to an aromatic ring is 1. The van der Waals surface area contributed by atoms with Gasteiger partial charge in [0.25, 0.3) is 0 Å². The predicted molar refractivity (Wildman–Crippen MR) is 76.3 cm³/mol. The van der Waals surface area contributed by atoms with E-state index in [4.69, 9.17) is 5.73 Å². The molecule has 0 unspecified atom stereocenters. The molecule has 0 saturated heterocycles. The second-order valence-electron chi connectivity index (χ2n) is 4.61. The number of aromatic amines is 1. The number of hydrogen-bond donors (Lipinski definition) is 2. The number of nitrogens with two attached hydrogens (primary N) is 1. The minimum Gasteiger partial charge on any atom is -1.00 e. The topological polar surface area (TPSA) is 83.5 Å². The summed E-state index contributed by atoms with van der Waals surface area (Å²) in [4.78, 5) is 4.47. The fourth-order valence-electron chi connectivity index (χ4n) is 2.08. The summed E-state index contributed by atoms with van der Waals surface area (Å²) in [5, 5.41) is 11.5. The van der Waals surface area contributed by atoms with Gasteiger partial charge in [-0.15, -0.1) is 9.63 Å². The van der Waals surface area contributed by atoms with Crippen molar-refractivity contribution in [3.63, 3.8) is 0 Å². The summed E-state index contributed by atoms with van der Waals surface area (Å²) < 4.78 is 1.81. The third-order valence-corrected chi connectivity index (χ3v) is 2.99. The summed E-state index contributed by atoms with van der Waals surface area (Å²) in [6.07, 6.45) is 0. The van der Waals surface area contributed by atoms with Gasteiger partial charge in [0, 0.05) is 19.9 Å². The highest BCUT2D eigenvalue weighted by atomic mass is 35.5. The summed E-state index contributed by atoms with van der Waals surface area (Å²) in [5.41, 5.74) is 9.91. The van der Waals surface area contributed by atoms with E-state index in [1.807, 2.05) is 54.8 Å². The summed E-state index contributed by atoms with van der Waals surface area (Å²) >= 11 is 0. The molecule has 3 N–H and O–H groups in total. The summed E-state index contributed by atoms with van der Waals surface area (Å²) in [5.74, 6) is 0.450. The Kier molecular flexibility index (Phi) is 4.18. The van der Waals surface area contributed by atoms with Gasteiger partial charge in [-0.25, -0.2) is 5.10 Å². The van der Waals surface area contributed by atoms with Crippen LogP contribution < -0.4 is 22.7 Å². The molecule has 21 heavy (non-hydrogen) atoms. The lowest BCUT2D eigenvalue weighted by molar-refractivity contribution is -0.584. The molecule has 0 fully saturated rings. The number of hydrogen-bond acceptors (Lipinski definition) is 4. The van der Waals surface area contributed by atoms with E-state index in [0.29, 0.717) is 17.2 Å². The quantitative estimate of drug-likeness (QED) is 0.506. The van der Waals surface area contributed by atoms with Crippen LogP contribution in [0.2, 0.25) is 0 Å². The van der Waals surface area contributed by atoms with Crippen molar-refractivity contribution in [3.05, 3.63) is 47.8 Å². The molecule has 3 aromatic rings. The van der Waals surface area contributed by atoms with Gasteiger partial charge in [0.2, 0.25) is 5.69 Å². The van der Waals surface area contributed by atoms with Crippen LogP contribution in [-0.2, 0) is 0 Å². The molecule has 0 saturated carbocycles. The molecule has 7 heteroatoms. The second kappa shape index (κ2) is 5.88. The average molecular weight is 303 g/mol. The second-order valence-corrected chi connectivity index (χ2v) is 4.61. The third-order valence-electron chi connectivity index (χ3n) is 2.99. The number of nitrogens with zero attached hydrogens (tertiary/aromatic N) is 4. The molecule has 2 aromatic heterocycles. The first-order valence-corrected chi connectivity index (χ1v) is 6.29. The molecule has 0 aliphatic rings. The van der Waals surface area contributed by atoms with Gasteiger partial charge in [-0.1, -0.05) is 18.2 Å². The summed E-state index contributed by atoms with van der Waals surface area (Å²) in [6.45, 7) is 3.92. The number of benzene rings is 1. The van der Waals surface area contributed by atoms with E-state index >= 15 is 0 Å². The van der Waals surface area contributed by atoms with Crippen molar-refractivity contribution in [1.29, 1.82) is 0 Å². The minimum absolute atomic E-state index is 0. The fourth-order valence-corrected chi connectivity index (χ4v) is 2.08. The van der Waals surface area contributed by atoms with Crippen molar-refractivity contribution < 1.29 is 16.9 Å². The first-order valence-electron chi connectivity index (χ1n) is 6.29. The highest BCUT2D eigenvalue weighted by molar-refractivity contribution is 5.71. The molecule has 0 atom stereocenters. The molecule has 0 radical (unpaired) electrons. The van der Waals surface area contributed by atoms with Crippen molar-refractivity contribution in [3.8, 4) is 0 Å². The lowest BCUT2D eigenvalue weighted by Gasteiger charge is -1.90. The summed E-state index contributed by atoms with van der Waals surface area (Å²) in [7, 11) is 0. The number of fused-ring (bicyclic) bond motifs is 1. The number of azo groups is 1. The van der Waals surface area contributed by atoms with Gasteiger partial charge < -0.3 is 18.1 Å². The lowest BCUT2D eigenvalue weighted by atomic mass is 10.3. The zero-order chi connectivity index (χ0) is 14.1. The number of anilines is 1. The molecule has 6 nitrogen and oxygen atoms in total. The molecule has 1 aromatic carbocycles. The zero-order valence-corrected chi connectivity index (χ0v) is 12.5. The van der Waals surface area contributed by atoms with Crippen LogP contribution in [0.15, 0.2) is 46.6 Å². The van der Waals surface area contributed by atoms with Crippen molar-refractivity contribution in [2.45, 2.75) is 13.8 Å². The smallest absolute Gasteiger partial charge is 0.378 e. The van der Waals surface area contributed by atoms with Crippen molar-refractivity contribution in [2.24, 2.45) is 10.2 Å². The SMILES string of the molecule is Cc1cc(C)[n+]2[nH]c(N)c(N=Nc3ccccc3)c2n1.[Cl-]. The zero-order valence-electron chi connectivity index (χ0n) is 11.7. The highest BCUT2D eigenvalue weighted by Gasteiger charge is 2.20. The fraction of sp³-hybridized carbons (Fsp3) is 0.143. The summed E-state index contributed by atoms with van der Waals surface area (Å²) in [6, 6.07) is 11.5. The van der Waals surface area contributed by atoms with Crippen molar-refractivity contribution in [2.75, 3.05) is 5.73 Å². The Bertz CT molecular complexity index is 794. The Morgan fingerprint density at radius 3 is 2.57 bits per heavy atom. The Morgan fingerprint density at radius 1 is 1.14 bits per heavy atom. The Hall–Kier alpha value is -2.47. The molecule has 0 bridgehead atoms. The molecule has 2 heterocycles. The van der Waals surface area contributed by atoms with Crippen LogP contribution in [0.25, 0.3) is 5.65 Å². The molecular formula is C14H15ClN6. The predicted octanol–water partition coefficient (Wildman–Crippen LogP) is -0.233. The first-order chi connectivity index (χ1) is 9.65. The van der Waals surface area contributed by atoms with Crippen LogP contribution in [0.4, 0.5) is 17.2 Å². The average Bonchev–Trinajstić information content (AvgIpc) is 2.74. The van der Waals surface area contributed by atoms with E-state index in [2.05, 4.69) is 20.3 Å². The number of nitrogens with one attached hydrogen (secondary N) is 1. The van der Waals surface area contributed by atoms with E-state index in [0.717, 1.165) is 17.1 Å². The normalized spacial score (nSPS) is 11.0. The number of aromatic nitrogens is 3. The van der Waals surface area contributed by atoms with Crippen LogP contribution in [0.3, 0.4) is 0 Å². The van der Waals surface area contributed by atoms with Crippen LogP contribution in [0.5, 0.6) is 0 Å². The van der Waals surface area contributed by atoms with E-state index in [1.165, 1.54) is 0 Å². The maximum absolute atomic E-state index is 5.97. The van der Waals surface area contributed by atoms with E-state index in [9.17, 15) is 0 Å². The van der Waals surface area contributed by atoms with Crippen LogP contribution in [0.1, 0.15) is 11.4 Å². The largest absolute Gasteiger partial charge is 1.00 e. The number of aryl methyl sites for hydroxylation is 2. The molecule has 3 rings (SSSR count). The minimum atomic E-state index is 0. The standard InChI is InChI=1S/C14H14N6.ClH/c1-9-8-10(2)20-14(16-9)12(13(15)19-20)18-17-11-6-4-3-5-7-11;/h3-8H,1-2H3,(H2,15,19);1H. The van der Waals surface area contributed by atoms with Gasteiger partial charge in [0.1, 0.15) is 5.69 Å². The van der Waals surface area contributed by atoms with Gasteiger partial charge in [-0.05, 0) is 17.1 Å². The van der Waals surface area contributed by atoms with Gasteiger partial charge >= 0.3 is 5.65 Å². The Morgan fingerprint density at radius 2 is 1.86 bits per heavy atom. The van der Waals surface area contributed by atoms with Gasteiger partial charge in [0.05, 0.1) is 5.69 Å². The van der Waals surface area contributed by atoms with Crippen LogP contribution in [-0.4, -0.2) is 10.1 Å². The van der Waals surface area contributed by atoms with E-state index < -0.39 is 0 Å². The maximum Gasteiger partial charge on any atom is 0.378 e. The molecular weight excluding hydrogens is 288 g/mol. The van der Waals surface area contributed by atoms with E-state index in [1.54, 1.807) is 0 Å². The Labute approximate surface area is 128 Å². The Balaban J connectivity index is 0.00000161. The first kappa shape index (κ1) is 14.9. The lowest BCUT2D eigenvalue weighted by Crippen LogP contribution is -3.00. The van der Waals surface area contributed by atoms with E-state index in [-0.39, 0.29) is 12.4 Å². The molecule has 0 amide bonds. The van der Waals surface area contributed by atoms with Crippen molar-refractivity contribution in [1.82, 2.24) is 10.1 Å². The molecule has 0 aliphatic heterocycles. The number of rotatable bonds is 2. The molecule has 108 valence electrons. The van der Waals surface area contributed by atoms with Gasteiger partial charge in [-0.3, -0.25) is 0 Å². The maximum atomic E-state index is 5.97. The molecule has 0 spiro atoms. The number of H-pyrrole nitrogens is 1. The molecule has 0 aliphatic carbocycles. The monoisotopic (exact) mass is 302 g/mol. The van der Waals surface area contributed by atoms with Crippen LogP contribution in [0, 0.1) is 13.8 Å².